The van der Waals surface area contributed by atoms with Crippen molar-refractivity contribution in [3.8, 4) is 0 Å². The average Bonchev–Trinajstić information content (AvgIpc) is 2.98. The van der Waals surface area contributed by atoms with Crippen LogP contribution < -0.4 is 5.32 Å². The number of aryl methyl sites for hydroxylation is 1. The standard InChI is InChI=1S/C35H37ClN2O2/c36-30-17-9-13-27(23-30)25-38(34(39)22-21-29-16-10-15-28-14-7-8-20-32(28)29)33(24-26-11-3-1-4-12-26)35(40)37-31-18-5-2-6-19-31/h1,3-4,7-17,20,23,31,33H,2,5-6,18-19,21-22,24-25H2,(H,37,40)/t33-/m0/s1. The van der Waals surface area contributed by atoms with E-state index in [1.807, 2.05) is 72.8 Å². The Morgan fingerprint density at radius 1 is 0.825 bits per heavy atom. The van der Waals surface area contributed by atoms with Crippen LogP contribution in [0.15, 0.2) is 97.1 Å². The summed E-state index contributed by atoms with van der Waals surface area (Å²) in [7, 11) is 0. The number of halogens is 1. The molecule has 40 heavy (non-hydrogen) atoms. The summed E-state index contributed by atoms with van der Waals surface area (Å²) >= 11 is 6.32. The zero-order chi connectivity index (χ0) is 27.7. The lowest BCUT2D eigenvalue weighted by molar-refractivity contribution is -0.141. The molecule has 1 aliphatic carbocycles. The summed E-state index contributed by atoms with van der Waals surface area (Å²) in [5.74, 6) is -0.107. The Morgan fingerprint density at radius 3 is 2.33 bits per heavy atom. The van der Waals surface area contributed by atoms with Crippen molar-refractivity contribution in [1.29, 1.82) is 0 Å². The van der Waals surface area contributed by atoms with Crippen LogP contribution in [0.4, 0.5) is 0 Å². The maximum atomic E-state index is 14.1. The molecule has 0 radical (unpaired) electrons. The van der Waals surface area contributed by atoms with E-state index in [-0.39, 0.29) is 17.9 Å². The molecule has 0 spiro atoms. The highest BCUT2D eigenvalue weighted by Crippen LogP contribution is 2.23. The monoisotopic (exact) mass is 552 g/mol. The third-order valence-electron chi connectivity index (χ3n) is 7.95. The van der Waals surface area contributed by atoms with Crippen molar-refractivity contribution in [3.05, 3.63) is 119 Å². The van der Waals surface area contributed by atoms with Crippen LogP contribution in [-0.2, 0) is 29.0 Å². The van der Waals surface area contributed by atoms with Gasteiger partial charge in [0.05, 0.1) is 0 Å². The maximum absolute atomic E-state index is 14.1. The molecular weight excluding hydrogens is 516 g/mol. The van der Waals surface area contributed by atoms with Crippen molar-refractivity contribution >= 4 is 34.2 Å². The van der Waals surface area contributed by atoms with Crippen molar-refractivity contribution in [1.82, 2.24) is 10.2 Å². The fourth-order valence-corrected chi connectivity index (χ4v) is 6.04. The molecule has 0 aromatic heterocycles. The van der Waals surface area contributed by atoms with Crippen molar-refractivity contribution < 1.29 is 9.59 Å². The lowest BCUT2D eigenvalue weighted by Crippen LogP contribution is -2.52. The molecule has 1 atom stereocenters. The van der Waals surface area contributed by atoms with Crippen molar-refractivity contribution in [3.63, 3.8) is 0 Å². The molecule has 1 saturated carbocycles. The van der Waals surface area contributed by atoms with Gasteiger partial charge in [0.15, 0.2) is 0 Å². The summed E-state index contributed by atoms with van der Waals surface area (Å²) in [4.78, 5) is 29.8. The van der Waals surface area contributed by atoms with Gasteiger partial charge in [-0.2, -0.15) is 0 Å². The predicted octanol–water partition coefficient (Wildman–Crippen LogP) is 7.51. The van der Waals surface area contributed by atoms with Gasteiger partial charge in [-0.3, -0.25) is 9.59 Å². The minimum atomic E-state index is -0.622. The highest BCUT2D eigenvalue weighted by Gasteiger charge is 2.31. The van der Waals surface area contributed by atoms with Crippen molar-refractivity contribution in [2.75, 3.05) is 0 Å². The van der Waals surface area contributed by atoms with Gasteiger partial charge in [-0.05, 0) is 58.9 Å². The zero-order valence-corrected chi connectivity index (χ0v) is 23.7. The molecule has 2 amide bonds. The summed E-state index contributed by atoms with van der Waals surface area (Å²) in [6.45, 7) is 0.324. The molecule has 5 heteroatoms. The van der Waals surface area contributed by atoms with E-state index < -0.39 is 6.04 Å². The van der Waals surface area contributed by atoms with Crippen LogP contribution in [0.1, 0.15) is 55.2 Å². The smallest absolute Gasteiger partial charge is 0.243 e. The summed E-state index contributed by atoms with van der Waals surface area (Å²) in [6, 6.07) is 31.6. The Kier molecular flexibility index (Phi) is 9.51. The molecule has 0 saturated heterocycles. The number of rotatable bonds is 10. The molecule has 4 aromatic rings. The number of hydrogen-bond acceptors (Lipinski definition) is 2. The minimum Gasteiger partial charge on any atom is -0.352 e. The number of carbonyl (C=O) groups excluding carboxylic acids is 2. The lowest BCUT2D eigenvalue weighted by atomic mass is 9.94. The van der Waals surface area contributed by atoms with Gasteiger partial charge in [-0.15, -0.1) is 0 Å². The van der Waals surface area contributed by atoms with E-state index in [9.17, 15) is 9.59 Å². The summed E-state index contributed by atoms with van der Waals surface area (Å²) in [5.41, 5.74) is 3.08. The van der Waals surface area contributed by atoms with Gasteiger partial charge in [-0.1, -0.05) is 116 Å². The fourth-order valence-electron chi connectivity index (χ4n) is 5.83. The van der Waals surface area contributed by atoms with Gasteiger partial charge in [-0.25, -0.2) is 0 Å². The molecule has 4 nitrogen and oxygen atoms in total. The zero-order valence-electron chi connectivity index (χ0n) is 22.9. The van der Waals surface area contributed by atoms with Crippen LogP contribution in [0.5, 0.6) is 0 Å². The molecule has 1 aliphatic rings. The van der Waals surface area contributed by atoms with E-state index in [4.69, 9.17) is 11.6 Å². The third-order valence-corrected chi connectivity index (χ3v) is 8.19. The highest BCUT2D eigenvalue weighted by atomic mass is 35.5. The predicted molar refractivity (Wildman–Crippen MR) is 163 cm³/mol. The van der Waals surface area contributed by atoms with Gasteiger partial charge < -0.3 is 10.2 Å². The topological polar surface area (TPSA) is 49.4 Å². The van der Waals surface area contributed by atoms with Gasteiger partial charge in [0.1, 0.15) is 6.04 Å². The summed E-state index contributed by atoms with van der Waals surface area (Å²) < 4.78 is 0. The second-order valence-corrected chi connectivity index (χ2v) is 11.3. The summed E-state index contributed by atoms with van der Waals surface area (Å²) in [6.07, 6.45) is 6.84. The Bertz CT molecular complexity index is 1430. The first kappa shape index (κ1) is 27.9. The Labute approximate surface area is 242 Å². The van der Waals surface area contributed by atoms with Crippen molar-refractivity contribution in [2.45, 2.75) is 70.0 Å². The van der Waals surface area contributed by atoms with Crippen LogP contribution >= 0.6 is 11.6 Å². The number of carbonyl (C=O) groups is 2. The lowest BCUT2D eigenvalue weighted by Gasteiger charge is -2.33. The summed E-state index contributed by atoms with van der Waals surface area (Å²) in [5, 5.41) is 6.25. The molecule has 0 unspecified atom stereocenters. The normalized spacial score (nSPS) is 14.5. The molecule has 0 bridgehead atoms. The molecule has 0 heterocycles. The van der Waals surface area contributed by atoms with Gasteiger partial charge in [0, 0.05) is 30.5 Å². The molecule has 0 aliphatic heterocycles. The number of nitrogens with one attached hydrogen (secondary N) is 1. The Balaban J connectivity index is 1.43. The van der Waals surface area contributed by atoms with E-state index in [1.54, 1.807) is 4.90 Å². The van der Waals surface area contributed by atoms with Gasteiger partial charge in [0.2, 0.25) is 11.8 Å². The molecule has 4 aromatic carbocycles. The number of nitrogens with zero attached hydrogens (tertiary/aromatic N) is 1. The van der Waals surface area contributed by atoms with E-state index >= 15 is 0 Å². The Morgan fingerprint density at radius 2 is 1.52 bits per heavy atom. The highest BCUT2D eigenvalue weighted by molar-refractivity contribution is 6.30. The van der Waals surface area contributed by atoms with E-state index in [1.165, 1.54) is 6.42 Å². The second-order valence-electron chi connectivity index (χ2n) is 10.8. The van der Waals surface area contributed by atoms with Crippen LogP contribution in [0.2, 0.25) is 5.02 Å². The third kappa shape index (κ3) is 7.31. The first-order valence-electron chi connectivity index (χ1n) is 14.4. The van der Waals surface area contributed by atoms with Crippen LogP contribution in [0.3, 0.4) is 0 Å². The average molecular weight is 553 g/mol. The molecular formula is C35H37ClN2O2. The number of fused-ring (bicyclic) bond motifs is 1. The van der Waals surface area contributed by atoms with Gasteiger partial charge >= 0.3 is 0 Å². The minimum absolute atomic E-state index is 0.0346. The van der Waals surface area contributed by atoms with E-state index in [0.29, 0.717) is 30.8 Å². The molecule has 5 rings (SSSR count). The molecule has 1 N–H and O–H groups in total. The largest absolute Gasteiger partial charge is 0.352 e. The van der Waals surface area contributed by atoms with Crippen LogP contribution in [0, 0.1) is 0 Å². The number of benzene rings is 4. The SMILES string of the molecule is O=C(NC1CCCCC1)[C@H](Cc1ccccc1)N(Cc1cccc(Cl)c1)C(=O)CCc1cccc2ccccc12. The van der Waals surface area contributed by atoms with E-state index in [0.717, 1.165) is 53.1 Å². The number of hydrogen-bond donors (Lipinski definition) is 1. The second kappa shape index (κ2) is 13.6. The quantitative estimate of drug-likeness (QED) is 0.221. The van der Waals surface area contributed by atoms with Crippen LogP contribution in [-0.4, -0.2) is 28.8 Å². The first-order chi connectivity index (χ1) is 19.6. The fraction of sp³-hybridized carbons (Fsp3) is 0.314. The first-order valence-corrected chi connectivity index (χ1v) is 14.8. The Hall–Kier alpha value is -3.63. The van der Waals surface area contributed by atoms with E-state index in [2.05, 4.69) is 29.6 Å². The maximum Gasteiger partial charge on any atom is 0.243 e. The van der Waals surface area contributed by atoms with Crippen molar-refractivity contribution in [2.24, 2.45) is 0 Å². The molecule has 206 valence electrons. The van der Waals surface area contributed by atoms with Gasteiger partial charge in [0.25, 0.3) is 0 Å². The molecule has 1 fully saturated rings. The number of amides is 2. The van der Waals surface area contributed by atoms with Crippen LogP contribution in [0.25, 0.3) is 10.8 Å².